The van der Waals surface area contributed by atoms with Crippen molar-refractivity contribution in [3.63, 3.8) is 0 Å². The van der Waals surface area contributed by atoms with Gasteiger partial charge in [0, 0.05) is 11.2 Å². The van der Waals surface area contributed by atoms with Crippen molar-refractivity contribution in [1.29, 1.82) is 0 Å². The van der Waals surface area contributed by atoms with Crippen molar-refractivity contribution in [3.05, 3.63) is 74.7 Å². The van der Waals surface area contributed by atoms with Gasteiger partial charge in [-0.15, -0.1) is 0 Å². The van der Waals surface area contributed by atoms with Crippen molar-refractivity contribution in [2.45, 2.75) is 0 Å². The molecule has 4 rings (SSSR count). The number of nitrogens with zero attached hydrogens (tertiary/aromatic N) is 2. The van der Waals surface area contributed by atoms with E-state index in [4.69, 9.17) is 32.4 Å². The minimum Gasteiger partial charge on any atom is -0.496 e. The Hall–Kier alpha value is -2.34. The van der Waals surface area contributed by atoms with Gasteiger partial charge in [-0.3, -0.25) is 4.99 Å². The minimum absolute atomic E-state index is 0.442. The van der Waals surface area contributed by atoms with Crippen molar-refractivity contribution in [3.8, 4) is 17.2 Å². The maximum absolute atomic E-state index is 6.25. The van der Waals surface area contributed by atoms with Crippen LogP contribution in [-0.2, 0) is 0 Å². The highest BCUT2D eigenvalue weighted by Gasteiger charge is 2.12. The SMILES string of the molecule is COc1ccc(C=Nc2ccc3oc(-c4ccc(Cl)cc4Cl)nc3c2)cc1Br. The Morgan fingerprint density at radius 3 is 2.68 bits per heavy atom. The van der Waals surface area contributed by atoms with Crippen LogP contribution in [0.5, 0.6) is 5.75 Å². The molecule has 7 heteroatoms. The minimum atomic E-state index is 0.442. The van der Waals surface area contributed by atoms with Crippen molar-refractivity contribution < 1.29 is 9.15 Å². The summed E-state index contributed by atoms with van der Waals surface area (Å²) in [6.45, 7) is 0. The van der Waals surface area contributed by atoms with Crippen molar-refractivity contribution in [2.75, 3.05) is 7.11 Å². The van der Waals surface area contributed by atoms with E-state index in [0.717, 1.165) is 21.5 Å². The second-order valence-electron chi connectivity index (χ2n) is 5.95. The molecule has 1 aromatic heterocycles. The molecular formula is C21H13BrCl2N2O2. The van der Waals surface area contributed by atoms with Crippen molar-refractivity contribution in [1.82, 2.24) is 4.98 Å². The molecule has 0 bridgehead atoms. The summed E-state index contributed by atoms with van der Waals surface area (Å²) < 4.78 is 11.9. The van der Waals surface area contributed by atoms with E-state index in [0.29, 0.717) is 32.6 Å². The molecular weight excluding hydrogens is 463 g/mol. The van der Waals surface area contributed by atoms with E-state index in [1.807, 2.05) is 36.4 Å². The molecule has 0 radical (unpaired) electrons. The van der Waals surface area contributed by atoms with Crippen LogP contribution in [0.1, 0.15) is 5.56 Å². The van der Waals surface area contributed by atoms with Gasteiger partial charge in [-0.1, -0.05) is 23.2 Å². The quantitative estimate of drug-likeness (QED) is 0.290. The van der Waals surface area contributed by atoms with E-state index in [9.17, 15) is 0 Å². The molecule has 0 fully saturated rings. The molecule has 0 spiro atoms. The molecule has 28 heavy (non-hydrogen) atoms. The largest absolute Gasteiger partial charge is 0.496 e. The third-order valence-electron chi connectivity index (χ3n) is 4.07. The summed E-state index contributed by atoms with van der Waals surface area (Å²) in [7, 11) is 1.63. The number of aromatic nitrogens is 1. The van der Waals surface area contributed by atoms with E-state index in [2.05, 4.69) is 25.9 Å². The molecule has 4 aromatic rings. The highest BCUT2D eigenvalue weighted by Crippen LogP contribution is 2.33. The van der Waals surface area contributed by atoms with E-state index in [-0.39, 0.29) is 0 Å². The van der Waals surface area contributed by atoms with Gasteiger partial charge in [0.2, 0.25) is 5.89 Å². The van der Waals surface area contributed by atoms with Gasteiger partial charge in [0.05, 0.1) is 27.9 Å². The van der Waals surface area contributed by atoms with Gasteiger partial charge in [0.25, 0.3) is 0 Å². The zero-order valence-electron chi connectivity index (χ0n) is 14.6. The fraction of sp³-hybridized carbons (Fsp3) is 0.0476. The van der Waals surface area contributed by atoms with Crippen LogP contribution in [-0.4, -0.2) is 18.3 Å². The first-order chi connectivity index (χ1) is 13.5. The Labute approximate surface area is 179 Å². The number of oxazole rings is 1. The number of hydrogen-bond donors (Lipinski definition) is 0. The molecule has 3 aromatic carbocycles. The van der Waals surface area contributed by atoms with Gasteiger partial charge in [-0.2, -0.15) is 0 Å². The number of ether oxygens (including phenoxy) is 1. The molecule has 4 nitrogen and oxygen atoms in total. The average molecular weight is 476 g/mol. The van der Waals surface area contributed by atoms with Crippen LogP contribution < -0.4 is 4.74 Å². The van der Waals surface area contributed by atoms with E-state index in [1.54, 1.807) is 31.5 Å². The molecule has 0 unspecified atom stereocenters. The van der Waals surface area contributed by atoms with Crippen LogP contribution in [0, 0.1) is 0 Å². The predicted octanol–water partition coefficient (Wildman–Crippen LogP) is 7.32. The Bertz CT molecular complexity index is 1200. The van der Waals surface area contributed by atoms with Crippen LogP contribution in [0.2, 0.25) is 10.0 Å². The number of fused-ring (bicyclic) bond motifs is 1. The fourth-order valence-corrected chi connectivity index (χ4v) is 3.73. The van der Waals surface area contributed by atoms with E-state index >= 15 is 0 Å². The summed E-state index contributed by atoms with van der Waals surface area (Å²) in [4.78, 5) is 9.06. The van der Waals surface area contributed by atoms with Crippen LogP contribution in [0.25, 0.3) is 22.6 Å². The predicted molar refractivity (Wildman–Crippen MR) is 117 cm³/mol. The summed E-state index contributed by atoms with van der Waals surface area (Å²) in [5.74, 6) is 1.21. The van der Waals surface area contributed by atoms with Crippen molar-refractivity contribution >= 4 is 62.1 Å². The highest BCUT2D eigenvalue weighted by atomic mass is 79.9. The molecule has 0 amide bonds. The smallest absolute Gasteiger partial charge is 0.228 e. The van der Waals surface area contributed by atoms with Gasteiger partial charge < -0.3 is 9.15 Å². The molecule has 0 saturated heterocycles. The number of halogens is 3. The summed E-state index contributed by atoms with van der Waals surface area (Å²) in [5.41, 5.74) is 3.76. The molecule has 0 atom stereocenters. The first kappa shape index (κ1) is 19.0. The lowest BCUT2D eigenvalue weighted by Crippen LogP contribution is -1.86. The van der Waals surface area contributed by atoms with E-state index < -0.39 is 0 Å². The summed E-state index contributed by atoms with van der Waals surface area (Å²) >= 11 is 15.7. The third kappa shape index (κ3) is 3.92. The second-order valence-corrected chi connectivity index (χ2v) is 7.65. The highest BCUT2D eigenvalue weighted by molar-refractivity contribution is 9.10. The van der Waals surface area contributed by atoms with Gasteiger partial charge in [-0.05, 0) is 76.1 Å². The molecule has 0 aliphatic carbocycles. The monoisotopic (exact) mass is 474 g/mol. The van der Waals surface area contributed by atoms with Gasteiger partial charge in [0.1, 0.15) is 11.3 Å². The number of benzene rings is 3. The standard InChI is InChI=1S/C21H13BrCl2N2O2/c1-27-19-6-2-12(8-16(19)22)11-25-14-4-7-20-18(10-14)26-21(28-20)15-5-3-13(23)9-17(15)24/h2-11H,1H3. The van der Waals surface area contributed by atoms with Crippen LogP contribution in [0.4, 0.5) is 5.69 Å². The molecule has 0 aliphatic heterocycles. The average Bonchev–Trinajstić information content (AvgIpc) is 3.09. The normalized spacial score (nSPS) is 11.4. The third-order valence-corrected chi connectivity index (χ3v) is 5.24. The molecule has 140 valence electrons. The van der Waals surface area contributed by atoms with Gasteiger partial charge >= 0.3 is 0 Å². The number of methoxy groups -OCH3 is 1. The second kappa shape index (κ2) is 7.95. The van der Waals surface area contributed by atoms with Crippen LogP contribution >= 0.6 is 39.1 Å². The maximum Gasteiger partial charge on any atom is 0.228 e. The van der Waals surface area contributed by atoms with E-state index in [1.165, 1.54) is 0 Å². The first-order valence-corrected chi connectivity index (χ1v) is 9.82. The number of hydrogen-bond acceptors (Lipinski definition) is 4. The molecule has 1 heterocycles. The lowest BCUT2D eigenvalue weighted by Gasteiger charge is -2.03. The van der Waals surface area contributed by atoms with Gasteiger partial charge in [0.15, 0.2) is 5.58 Å². The lowest BCUT2D eigenvalue weighted by atomic mass is 10.2. The topological polar surface area (TPSA) is 47.6 Å². The zero-order valence-corrected chi connectivity index (χ0v) is 17.7. The number of aliphatic imine (C=N–C) groups is 1. The maximum atomic E-state index is 6.25. The Balaban J connectivity index is 1.64. The first-order valence-electron chi connectivity index (χ1n) is 8.27. The molecule has 0 saturated carbocycles. The van der Waals surface area contributed by atoms with Crippen LogP contribution in [0.15, 0.2) is 68.5 Å². The fourth-order valence-electron chi connectivity index (χ4n) is 2.69. The Morgan fingerprint density at radius 1 is 1.07 bits per heavy atom. The molecule has 0 N–H and O–H groups in total. The Morgan fingerprint density at radius 2 is 1.93 bits per heavy atom. The summed E-state index contributed by atoms with van der Waals surface area (Å²) in [6.07, 6.45) is 1.78. The van der Waals surface area contributed by atoms with Crippen molar-refractivity contribution in [2.24, 2.45) is 4.99 Å². The Kier molecular flexibility index (Phi) is 5.40. The summed E-state index contributed by atoms with van der Waals surface area (Å²) in [6, 6.07) is 16.5. The number of rotatable bonds is 4. The lowest BCUT2D eigenvalue weighted by molar-refractivity contribution is 0.412. The van der Waals surface area contributed by atoms with Gasteiger partial charge in [-0.25, -0.2) is 4.98 Å². The summed E-state index contributed by atoms with van der Waals surface area (Å²) in [5, 5.41) is 1.05. The van der Waals surface area contributed by atoms with Crippen LogP contribution in [0.3, 0.4) is 0 Å². The zero-order chi connectivity index (χ0) is 19.7. The molecule has 0 aliphatic rings.